The van der Waals surface area contributed by atoms with E-state index in [1.54, 1.807) is 22.6 Å². The fraction of sp³-hybridized carbons (Fsp3) is 0.323. The first-order chi connectivity index (χ1) is 18.3. The molecule has 2 amide bonds. The smallest absolute Gasteiger partial charge is 0.322 e. The molecule has 198 valence electrons. The highest BCUT2D eigenvalue weighted by molar-refractivity contribution is 5.91. The van der Waals surface area contributed by atoms with Gasteiger partial charge in [0.1, 0.15) is 11.6 Å². The summed E-state index contributed by atoms with van der Waals surface area (Å²) in [6.07, 6.45) is 2.85. The Kier molecular flexibility index (Phi) is 8.46. The molecule has 3 aromatic carbocycles. The van der Waals surface area contributed by atoms with Crippen LogP contribution in [0.1, 0.15) is 56.1 Å². The number of benzene rings is 3. The number of aryl methyl sites for hydroxylation is 2. The SMILES string of the molecule is CCCCCN(C(=O)Nc1ccccc1OC)C(C)c1nc2ccccc2c(=O)n1-c1cc(C)ccc1C. The quantitative estimate of drug-likeness (QED) is 0.250. The summed E-state index contributed by atoms with van der Waals surface area (Å²) in [6.45, 7) is 8.57. The number of amides is 2. The van der Waals surface area contributed by atoms with Gasteiger partial charge in [-0.05, 0) is 68.7 Å². The number of methoxy groups -OCH3 is 1. The number of hydrogen-bond acceptors (Lipinski definition) is 4. The lowest BCUT2D eigenvalue weighted by molar-refractivity contribution is 0.187. The molecule has 4 aromatic rings. The van der Waals surface area contributed by atoms with Crippen molar-refractivity contribution in [1.29, 1.82) is 0 Å². The van der Waals surface area contributed by atoms with E-state index in [0.717, 1.165) is 36.1 Å². The maximum absolute atomic E-state index is 13.9. The number of rotatable bonds is 9. The normalized spacial score (nSPS) is 11.8. The van der Waals surface area contributed by atoms with E-state index in [1.807, 2.05) is 81.4 Å². The molecule has 0 bridgehead atoms. The Balaban J connectivity index is 1.85. The van der Waals surface area contributed by atoms with Crippen LogP contribution in [0.15, 0.2) is 71.5 Å². The van der Waals surface area contributed by atoms with Crippen molar-refractivity contribution < 1.29 is 9.53 Å². The Bertz CT molecular complexity index is 1490. The number of para-hydroxylation sites is 3. The monoisotopic (exact) mass is 512 g/mol. The van der Waals surface area contributed by atoms with Crippen LogP contribution in [0.5, 0.6) is 5.75 Å². The van der Waals surface area contributed by atoms with E-state index in [-0.39, 0.29) is 11.6 Å². The van der Waals surface area contributed by atoms with Crippen LogP contribution < -0.4 is 15.6 Å². The van der Waals surface area contributed by atoms with E-state index < -0.39 is 6.04 Å². The zero-order chi connectivity index (χ0) is 27.2. The fourth-order valence-corrected chi connectivity index (χ4v) is 4.70. The summed E-state index contributed by atoms with van der Waals surface area (Å²) in [5.41, 5.74) is 3.82. The lowest BCUT2D eigenvalue weighted by atomic mass is 10.1. The topological polar surface area (TPSA) is 76.5 Å². The van der Waals surface area contributed by atoms with Crippen LogP contribution in [-0.4, -0.2) is 34.1 Å². The molecule has 1 atom stereocenters. The highest BCUT2D eigenvalue weighted by Crippen LogP contribution is 2.28. The van der Waals surface area contributed by atoms with Gasteiger partial charge in [0.2, 0.25) is 0 Å². The van der Waals surface area contributed by atoms with Crippen LogP contribution in [0, 0.1) is 13.8 Å². The molecule has 7 heteroatoms. The van der Waals surface area contributed by atoms with Gasteiger partial charge in [0, 0.05) is 6.54 Å². The minimum Gasteiger partial charge on any atom is -0.495 e. The maximum atomic E-state index is 13.9. The Morgan fingerprint density at radius 3 is 2.55 bits per heavy atom. The van der Waals surface area contributed by atoms with Gasteiger partial charge in [-0.25, -0.2) is 9.78 Å². The molecule has 0 aliphatic carbocycles. The molecule has 0 spiro atoms. The third-order valence-electron chi connectivity index (χ3n) is 6.86. The van der Waals surface area contributed by atoms with Crippen molar-refractivity contribution in [1.82, 2.24) is 14.5 Å². The standard InChI is InChI=1S/C31H36N4O3/c1-6-7-12-19-34(31(37)33-26-15-10-11-16-28(26)38-5)23(4)29-32-25-14-9-8-13-24(25)30(36)35(29)27-20-21(2)17-18-22(27)3/h8-11,13-18,20,23H,6-7,12,19H2,1-5H3,(H,33,37). The van der Waals surface area contributed by atoms with Crippen LogP contribution in [0.4, 0.5) is 10.5 Å². The number of carbonyl (C=O) groups is 1. The second-order valence-corrected chi connectivity index (χ2v) is 9.62. The van der Waals surface area contributed by atoms with Crippen LogP contribution in [0.25, 0.3) is 16.6 Å². The van der Waals surface area contributed by atoms with Crippen molar-refractivity contribution in [2.75, 3.05) is 19.0 Å². The summed E-state index contributed by atoms with van der Waals surface area (Å²) in [5, 5.41) is 3.56. The maximum Gasteiger partial charge on any atom is 0.322 e. The molecule has 1 unspecified atom stereocenters. The Hall–Kier alpha value is -4.13. The largest absolute Gasteiger partial charge is 0.495 e. The minimum atomic E-state index is -0.487. The van der Waals surface area contributed by atoms with Gasteiger partial charge in [0.25, 0.3) is 5.56 Å². The van der Waals surface area contributed by atoms with E-state index in [1.165, 1.54) is 0 Å². The third-order valence-corrected chi connectivity index (χ3v) is 6.86. The van der Waals surface area contributed by atoms with Crippen molar-refractivity contribution in [2.45, 2.75) is 53.0 Å². The minimum absolute atomic E-state index is 0.148. The summed E-state index contributed by atoms with van der Waals surface area (Å²) in [6, 6.07) is 20.0. The number of unbranched alkanes of at least 4 members (excludes halogenated alkanes) is 2. The summed E-state index contributed by atoms with van der Waals surface area (Å²) in [4.78, 5) is 34.4. The van der Waals surface area contributed by atoms with Crippen molar-refractivity contribution in [3.63, 3.8) is 0 Å². The Morgan fingerprint density at radius 1 is 1.05 bits per heavy atom. The Morgan fingerprint density at radius 2 is 1.79 bits per heavy atom. The second-order valence-electron chi connectivity index (χ2n) is 9.62. The Labute approximate surface area is 224 Å². The lowest BCUT2D eigenvalue weighted by Gasteiger charge is -2.31. The molecular formula is C31H36N4O3. The number of urea groups is 1. The molecule has 7 nitrogen and oxygen atoms in total. The molecule has 38 heavy (non-hydrogen) atoms. The summed E-state index contributed by atoms with van der Waals surface area (Å²) in [7, 11) is 1.58. The number of nitrogens with zero attached hydrogens (tertiary/aromatic N) is 3. The van der Waals surface area contributed by atoms with Crippen molar-refractivity contribution in [3.05, 3.63) is 94.0 Å². The average molecular weight is 513 g/mol. The van der Waals surface area contributed by atoms with E-state index in [9.17, 15) is 9.59 Å². The lowest BCUT2D eigenvalue weighted by Crippen LogP contribution is -2.40. The predicted octanol–water partition coefficient (Wildman–Crippen LogP) is 6.80. The number of ether oxygens (including phenoxy) is 1. The number of fused-ring (bicyclic) bond motifs is 1. The number of hydrogen-bond donors (Lipinski definition) is 1. The van der Waals surface area contributed by atoms with Gasteiger partial charge in [-0.1, -0.05) is 56.2 Å². The van der Waals surface area contributed by atoms with Gasteiger partial charge in [-0.3, -0.25) is 9.36 Å². The van der Waals surface area contributed by atoms with Crippen molar-refractivity contribution in [2.24, 2.45) is 0 Å². The first-order valence-corrected chi connectivity index (χ1v) is 13.2. The molecule has 0 saturated heterocycles. The average Bonchev–Trinajstić information content (AvgIpc) is 2.92. The van der Waals surface area contributed by atoms with E-state index in [4.69, 9.17) is 9.72 Å². The summed E-state index contributed by atoms with van der Waals surface area (Å²) < 4.78 is 7.12. The third kappa shape index (κ3) is 5.57. The first-order valence-electron chi connectivity index (χ1n) is 13.2. The number of carbonyl (C=O) groups excluding carboxylic acids is 1. The second kappa shape index (κ2) is 11.9. The van der Waals surface area contributed by atoms with Gasteiger partial charge in [0.15, 0.2) is 0 Å². The van der Waals surface area contributed by atoms with Crippen LogP contribution in [0.2, 0.25) is 0 Å². The molecule has 0 radical (unpaired) electrons. The molecule has 0 aliphatic rings. The highest BCUT2D eigenvalue weighted by atomic mass is 16.5. The van der Waals surface area contributed by atoms with E-state index >= 15 is 0 Å². The number of aromatic nitrogens is 2. The molecule has 0 aliphatic heterocycles. The zero-order valence-corrected chi connectivity index (χ0v) is 22.8. The van der Waals surface area contributed by atoms with Crippen LogP contribution >= 0.6 is 0 Å². The van der Waals surface area contributed by atoms with Gasteiger partial charge in [-0.2, -0.15) is 0 Å². The van der Waals surface area contributed by atoms with Crippen molar-refractivity contribution in [3.8, 4) is 11.4 Å². The van der Waals surface area contributed by atoms with Gasteiger partial charge in [0.05, 0.1) is 35.4 Å². The number of nitrogens with one attached hydrogen (secondary N) is 1. The summed E-state index contributed by atoms with van der Waals surface area (Å²) in [5.74, 6) is 1.10. The molecular weight excluding hydrogens is 476 g/mol. The van der Waals surface area contributed by atoms with Crippen LogP contribution in [0.3, 0.4) is 0 Å². The van der Waals surface area contributed by atoms with Crippen LogP contribution in [-0.2, 0) is 0 Å². The van der Waals surface area contributed by atoms with E-state index in [2.05, 4.69) is 12.2 Å². The number of anilines is 1. The summed E-state index contributed by atoms with van der Waals surface area (Å²) >= 11 is 0. The van der Waals surface area contributed by atoms with Gasteiger partial charge < -0.3 is 15.0 Å². The van der Waals surface area contributed by atoms with E-state index in [0.29, 0.717) is 34.7 Å². The molecule has 4 rings (SSSR count). The highest BCUT2D eigenvalue weighted by Gasteiger charge is 2.27. The van der Waals surface area contributed by atoms with Gasteiger partial charge in [-0.15, -0.1) is 0 Å². The zero-order valence-electron chi connectivity index (χ0n) is 22.8. The van der Waals surface area contributed by atoms with Crippen molar-refractivity contribution >= 4 is 22.6 Å². The first kappa shape index (κ1) is 26.9. The molecule has 0 fully saturated rings. The fourth-order valence-electron chi connectivity index (χ4n) is 4.70. The van der Waals surface area contributed by atoms with Gasteiger partial charge >= 0.3 is 6.03 Å². The molecule has 1 heterocycles. The predicted molar refractivity (Wildman–Crippen MR) is 153 cm³/mol. The molecule has 0 saturated carbocycles. The molecule has 1 aromatic heterocycles. The molecule has 1 N–H and O–H groups in total.